The zero-order valence-corrected chi connectivity index (χ0v) is 18.7. The Bertz CT molecular complexity index is 1080. The maximum atomic E-state index is 14.1. The topological polar surface area (TPSA) is 88.1 Å². The molecular formula is C20H21BrFN5O2S. The molecule has 0 atom stereocenters. The van der Waals surface area contributed by atoms with E-state index in [9.17, 15) is 12.8 Å². The van der Waals surface area contributed by atoms with Crippen molar-refractivity contribution < 1.29 is 12.8 Å². The highest BCUT2D eigenvalue weighted by Gasteiger charge is 2.24. The molecule has 10 heteroatoms. The van der Waals surface area contributed by atoms with Crippen LogP contribution in [0.4, 0.5) is 10.2 Å². The largest absolute Gasteiger partial charge is 0.370 e. The maximum absolute atomic E-state index is 14.1. The summed E-state index contributed by atoms with van der Waals surface area (Å²) < 4.78 is 42.0. The number of aromatic nitrogens is 3. The van der Waals surface area contributed by atoms with Gasteiger partial charge >= 0.3 is 0 Å². The van der Waals surface area contributed by atoms with Gasteiger partial charge in [-0.2, -0.15) is 4.31 Å². The quantitative estimate of drug-likeness (QED) is 0.489. The fourth-order valence-electron chi connectivity index (χ4n) is 2.77. The number of nitrogens with one attached hydrogen (secondary N) is 1. The maximum Gasteiger partial charge on any atom is 0.244 e. The molecule has 2 heterocycles. The molecule has 158 valence electrons. The van der Waals surface area contributed by atoms with Crippen molar-refractivity contribution in [1.29, 1.82) is 0 Å². The normalized spacial score (nSPS) is 11.6. The highest BCUT2D eigenvalue weighted by atomic mass is 79.9. The molecule has 0 saturated carbocycles. The number of hydrogen-bond acceptors (Lipinski definition) is 6. The lowest BCUT2D eigenvalue weighted by Crippen LogP contribution is -2.31. The van der Waals surface area contributed by atoms with Gasteiger partial charge in [-0.3, -0.25) is 0 Å². The van der Waals surface area contributed by atoms with Crippen molar-refractivity contribution in [2.75, 3.05) is 18.4 Å². The van der Waals surface area contributed by atoms with Crippen LogP contribution in [0.15, 0.2) is 64.4 Å². The molecule has 30 heavy (non-hydrogen) atoms. The molecule has 1 N–H and O–H groups in total. The highest BCUT2D eigenvalue weighted by molar-refractivity contribution is 9.10. The Morgan fingerprint density at radius 1 is 1.13 bits per heavy atom. The molecule has 0 aliphatic rings. The van der Waals surface area contributed by atoms with Gasteiger partial charge in [-0.1, -0.05) is 22.9 Å². The molecule has 0 bridgehead atoms. The van der Waals surface area contributed by atoms with Crippen LogP contribution in [0, 0.1) is 5.82 Å². The van der Waals surface area contributed by atoms with Gasteiger partial charge in [-0.15, -0.1) is 0 Å². The van der Waals surface area contributed by atoms with Crippen LogP contribution in [0.5, 0.6) is 0 Å². The predicted molar refractivity (Wildman–Crippen MR) is 116 cm³/mol. The molecule has 0 spiro atoms. The summed E-state index contributed by atoms with van der Waals surface area (Å²) in [6.07, 6.45) is 5.28. The minimum Gasteiger partial charge on any atom is -0.370 e. The van der Waals surface area contributed by atoms with E-state index in [-0.39, 0.29) is 18.0 Å². The SMILES string of the molecule is CCN(Cc1cc(Br)ccc1F)S(=O)(=O)c1ccc(NCCc2ncccn2)nc1. The van der Waals surface area contributed by atoms with Gasteiger partial charge in [0.15, 0.2) is 0 Å². The fourth-order valence-corrected chi connectivity index (χ4v) is 4.55. The van der Waals surface area contributed by atoms with Crippen LogP contribution in [0.1, 0.15) is 18.3 Å². The summed E-state index contributed by atoms with van der Waals surface area (Å²) in [4.78, 5) is 12.5. The summed E-state index contributed by atoms with van der Waals surface area (Å²) in [5.74, 6) is 0.806. The lowest BCUT2D eigenvalue weighted by Gasteiger charge is -2.21. The van der Waals surface area contributed by atoms with Crippen LogP contribution in [0.3, 0.4) is 0 Å². The van der Waals surface area contributed by atoms with Crippen LogP contribution in [0.2, 0.25) is 0 Å². The first-order valence-corrected chi connectivity index (χ1v) is 11.5. The second-order valence-corrected chi connectivity index (χ2v) is 9.24. The van der Waals surface area contributed by atoms with E-state index < -0.39 is 15.8 Å². The molecule has 0 aliphatic carbocycles. The molecule has 0 amide bonds. The standard InChI is InChI=1S/C20H21BrFN5O2S/c1-2-27(14-15-12-16(21)4-6-18(15)22)30(28,29)17-5-7-19(26-13-17)25-11-8-20-23-9-3-10-24-20/h3-7,9-10,12-13H,2,8,11,14H2,1H3,(H,25,26). The average molecular weight is 494 g/mol. The summed E-state index contributed by atoms with van der Waals surface area (Å²) in [5, 5.41) is 3.11. The molecule has 2 aromatic heterocycles. The third-order valence-corrected chi connectivity index (χ3v) is 6.75. The van der Waals surface area contributed by atoms with Crippen molar-refractivity contribution in [3.05, 3.63) is 76.7 Å². The van der Waals surface area contributed by atoms with E-state index in [4.69, 9.17) is 0 Å². The van der Waals surface area contributed by atoms with E-state index in [0.717, 1.165) is 0 Å². The monoisotopic (exact) mass is 493 g/mol. The number of hydrogen-bond donors (Lipinski definition) is 1. The van der Waals surface area contributed by atoms with Crippen LogP contribution in [-0.2, 0) is 23.0 Å². The molecule has 0 aliphatic heterocycles. The average Bonchev–Trinajstić information content (AvgIpc) is 2.75. The zero-order valence-electron chi connectivity index (χ0n) is 16.3. The lowest BCUT2D eigenvalue weighted by atomic mass is 10.2. The molecular weight excluding hydrogens is 473 g/mol. The van der Waals surface area contributed by atoms with Gasteiger partial charge in [0.1, 0.15) is 22.4 Å². The first kappa shape index (κ1) is 22.3. The van der Waals surface area contributed by atoms with Crippen molar-refractivity contribution >= 4 is 31.8 Å². The fraction of sp³-hybridized carbons (Fsp3) is 0.250. The van der Waals surface area contributed by atoms with Crippen molar-refractivity contribution in [3.8, 4) is 0 Å². The van der Waals surface area contributed by atoms with E-state index in [1.807, 2.05) is 0 Å². The number of rotatable bonds is 9. The molecule has 0 radical (unpaired) electrons. The second-order valence-electron chi connectivity index (χ2n) is 6.39. The van der Waals surface area contributed by atoms with Crippen molar-refractivity contribution in [2.24, 2.45) is 0 Å². The smallest absolute Gasteiger partial charge is 0.244 e. The number of benzene rings is 1. The van der Waals surface area contributed by atoms with Gasteiger partial charge in [-0.25, -0.2) is 27.8 Å². The number of nitrogens with zero attached hydrogens (tertiary/aromatic N) is 4. The molecule has 0 unspecified atom stereocenters. The molecule has 0 fully saturated rings. The lowest BCUT2D eigenvalue weighted by molar-refractivity contribution is 0.415. The van der Waals surface area contributed by atoms with Crippen LogP contribution in [0.25, 0.3) is 0 Å². The van der Waals surface area contributed by atoms with E-state index in [0.29, 0.717) is 34.6 Å². The zero-order chi connectivity index (χ0) is 21.6. The number of pyridine rings is 1. The van der Waals surface area contributed by atoms with E-state index in [1.165, 1.54) is 22.6 Å². The summed E-state index contributed by atoms with van der Waals surface area (Å²) in [6, 6.07) is 9.30. The predicted octanol–water partition coefficient (Wildman–Crippen LogP) is 3.64. The number of halogens is 2. The number of anilines is 1. The molecule has 3 rings (SSSR count). The first-order chi connectivity index (χ1) is 14.4. The van der Waals surface area contributed by atoms with Crippen molar-refractivity contribution in [2.45, 2.75) is 24.8 Å². The summed E-state index contributed by atoms with van der Waals surface area (Å²) in [5.41, 5.74) is 0.296. The Balaban J connectivity index is 1.67. The molecule has 3 aromatic rings. The van der Waals surface area contributed by atoms with Gasteiger partial charge < -0.3 is 5.32 Å². The Morgan fingerprint density at radius 3 is 2.57 bits per heavy atom. The molecule has 1 aromatic carbocycles. The van der Waals surface area contributed by atoms with Crippen molar-refractivity contribution in [1.82, 2.24) is 19.3 Å². The molecule has 7 nitrogen and oxygen atoms in total. The summed E-state index contributed by atoms with van der Waals surface area (Å²) >= 11 is 3.29. The second kappa shape index (κ2) is 10.1. The third-order valence-electron chi connectivity index (χ3n) is 4.36. The van der Waals surface area contributed by atoms with Gasteiger partial charge in [0, 0.05) is 54.7 Å². The van der Waals surface area contributed by atoms with E-state index >= 15 is 0 Å². The Hall–Kier alpha value is -2.43. The summed E-state index contributed by atoms with van der Waals surface area (Å²) in [7, 11) is -3.82. The van der Waals surface area contributed by atoms with Gasteiger partial charge in [0.25, 0.3) is 0 Å². The third kappa shape index (κ3) is 5.59. The minimum atomic E-state index is -3.82. The molecule has 0 saturated heterocycles. The van der Waals surface area contributed by atoms with Gasteiger partial charge in [0.05, 0.1) is 0 Å². The summed E-state index contributed by atoms with van der Waals surface area (Å²) in [6.45, 7) is 2.40. The van der Waals surface area contributed by atoms with E-state index in [2.05, 4.69) is 36.2 Å². The minimum absolute atomic E-state index is 0.0525. The van der Waals surface area contributed by atoms with Crippen LogP contribution >= 0.6 is 15.9 Å². The first-order valence-electron chi connectivity index (χ1n) is 9.30. The van der Waals surface area contributed by atoms with Crippen LogP contribution < -0.4 is 5.32 Å². The Kier molecular flexibility index (Phi) is 7.46. The highest BCUT2D eigenvalue weighted by Crippen LogP contribution is 2.22. The number of sulfonamides is 1. The van der Waals surface area contributed by atoms with Crippen molar-refractivity contribution in [3.63, 3.8) is 0 Å². The van der Waals surface area contributed by atoms with Gasteiger partial charge in [0.2, 0.25) is 10.0 Å². The van der Waals surface area contributed by atoms with E-state index in [1.54, 1.807) is 43.6 Å². The Morgan fingerprint density at radius 2 is 1.90 bits per heavy atom. The Labute approximate surface area is 183 Å². The van der Waals surface area contributed by atoms with Gasteiger partial charge in [-0.05, 0) is 36.4 Å². The van der Waals surface area contributed by atoms with Crippen LogP contribution in [-0.4, -0.2) is 40.8 Å².